The maximum atomic E-state index is 12.1. The Kier molecular flexibility index (Phi) is 3.23. The molecule has 0 atom stereocenters. The van der Waals surface area contributed by atoms with E-state index in [0.29, 0.717) is 23.5 Å². The van der Waals surface area contributed by atoms with Crippen molar-refractivity contribution in [2.75, 3.05) is 10.6 Å². The van der Waals surface area contributed by atoms with Crippen molar-refractivity contribution in [3.8, 4) is 0 Å². The van der Waals surface area contributed by atoms with Gasteiger partial charge in [-0.15, -0.1) is 11.3 Å². The molecule has 1 aromatic heterocycles. The number of aromatic nitrogens is 1. The van der Waals surface area contributed by atoms with Crippen LogP contribution in [0.1, 0.15) is 28.0 Å². The summed E-state index contributed by atoms with van der Waals surface area (Å²) >= 11 is 1.40. The number of nitrogens with zero attached hydrogens (tertiary/aromatic N) is 1. The van der Waals surface area contributed by atoms with E-state index >= 15 is 0 Å². The number of carbonyl (C=O) groups is 2. The number of aryl methyl sites for hydroxylation is 2. The van der Waals surface area contributed by atoms with E-state index in [2.05, 4.69) is 15.6 Å². The molecule has 20 heavy (non-hydrogen) atoms. The van der Waals surface area contributed by atoms with Crippen LogP contribution in [0.15, 0.2) is 23.6 Å². The van der Waals surface area contributed by atoms with Crippen LogP contribution < -0.4 is 10.6 Å². The van der Waals surface area contributed by atoms with Gasteiger partial charge >= 0.3 is 0 Å². The highest BCUT2D eigenvalue weighted by atomic mass is 32.1. The first-order valence-electron chi connectivity index (χ1n) is 6.28. The molecule has 5 nitrogen and oxygen atoms in total. The highest BCUT2D eigenvalue weighted by Gasteiger charge is 2.17. The van der Waals surface area contributed by atoms with Gasteiger partial charge in [-0.3, -0.25) is 14.9 Å². The van der Waals surface area contributed by atoms with E-state index in [9.17, 15) is 9.59 Å². The molecule has 3 rings (SSSR count). The molecule has 2 N–H and O–H groups in total. The number of nitrogens with one attached hydrogen (secondary N) is 2. The average Bonchev–Trinajstić information content (AvgIpc) is 2.83. The molecule has 0 unspecified atom stereocenters. The monoisotopic (exact) mass is 287 g/mol. The molecule has 0 aliphatic carbocycles. The molecule has 0 radical (unpaired) electrons. The van der Waals surface area contributed by atoms with Gasteiger partial charge in [0.2, 0.25) is 5.91 Å². The molecule has 2 aromatic rings. The Morgan fingerprint density at radius 2 is 2.25 bits per heavy atom. The Balaban J connectivity index is 1.80. The summed E-state index contributed by atoms with van der Waals surface area (Å²) in [4.78, 5) is 27.6. The van der Waals surface area contributed by atoms with E-state index in [4.69, 9.17) is 0 Å². The first-order chi connectivity index (χ1) is 9.61. The summed E-state index contributed by atoms with van der Waals surface area (Å²) in [6.45, 7) is 1.88. The minimum Gasteiger partial charge on any atom is -0.326 e. The Morgan fingerprint density at radius 3 is 3.00 bits per heavy atom. The number of amides is 2. The van der Waals surface area contributed by atoms with Gasteiger partial charge in [0.05, 0.1) is 5.69 Å². The fraction of sp³-hybridized carbons (Fsp3) is 0.214. The Morgan fingerprint density at radius 1 is 1.40 bits per heavy atom. The smallest absolute Gasteiger partial charge is 0.257 e. The lowest BCUT2D eigenvalue weighted by atomic mass is 10.0. The van der Waals surface area contributed by atoms with Gasteiger partial charge in [-0.25, -0.2) is 4.98 Å². The molecule has 0 saturated carbocycles. The first kappa shape index (κ1) is 12.8. The van der Waals surface area contributed by atoms with Gasteiger partial charge in [0.15, 0.2) is 5.13 Å². The van der Waals surface area contributed by atoms with Crippen LogP contribution >= 0.6 is 11.3 Å². The van der Waals surface area contributed by atoms with E-state index in [-0.39, 0.29) is 11.8 Å². The maximum Gasteiger partial charge on any atom is 0.257 e. The number of hydrogen-bond acceptors (Lipinski definition) is 4. The van der Waals surface area contributed by atoms with Crippen LogP contribution in [0.2, 0.25) is 0 Å². The van der Waals surface area contributed by atoms with Crippen LogP contribution in [-0.4, -0.2) is 16.8 Å². The first-order valence-corrected chi connectivity index (χ1v) is 7.16. The summed E-state index contributed by atoms with van der Waals surface area (Å²) in [7, 11) is 0. The van der Waals surface area contributed by atoms with Crippen molar-refractivity contribution < 1.29 is 9.59 Å². The SMILES string of the molecule is Cc1csc(NC(=O)c2ccc3c(c2)CCC(=O)N3)n1. The van der Waals surface area contributed by atoms with Crippen LogP contribution in [0.4, 0.5) is 10.8 Å². The third-order valence-electron chi connectivity index (χ3n) is 3.10. The van der Waals surface area contributed by atoms with Crippen molar-refractivity contribution >= 4 is 34.0 Å². The Labute approximate surface area is 120 Å². The molecule has 1 aromatic carbocycles. The zero-order valence-electron chi connectivity index (χ0n) is 10.9. The lowest BCUT2D eigenvalue weighted by Crippen LogP contribution is -2.20. The van der Waals surface area contributed by atoms with Crippen molar-refractivity contribution in [1.29, 1.82) is 0 Å². The number of thiazole rings is 1. The molecule has 0 bridgehead atoms. The molecular weight excluding hydrogens is 274 g/mol. The Hall–Kier alpha value is -2.21. The van der Waals surface area contributed by atoms with Crippen LogP contribution in [0.25, 0.3) is 0 Å². The summed E-state index contributed by atoms with van der Waals surface area (Å²) in [6, 6.07) is 5.30. The summed E-state index contributed by atoms with van der Waals surface area (Å²) in [5.41, 5.74) is 3.25. The molecule has 1 aliphatic rings. The number of carbonyl (C=O) groups excluding carboxylic acids is 2. The maximum absolute atomic E-state index is 12.1. The number of rotatable bonds is 2. The van der Waals surface area contributed by atoms with Gasteiger partial charge < -0.3 is 5.32 Å². The number of anilines is 2. The predicted molar refractivity (Wildman–Crippen MR) is 78.2 cm³/mol. The van der Waals surface area contributed by atoms with Crippen molar-refractivity contribution in [2.24, 2.45) is 0 Å². The summed E-state index contributed by atoms with van der Waals surface area (Å²) in [5, 5.41) is 8.06. The summed E-state index contributed by atoms with van der Waals surface area (Å²) in [5.74, 6) is -0.160. The van der Waals surface area contributed by atoms with E-state index in [1.54, 1.807) is 12.1 Å². The minimum absolute atomic E-state index is 0.0213. The second-order valence-corrected chi connectivity index (χ2v) is 5.53. The van der Waals surface area contributed by atoms with Gasteiger partial charge in [-0.1, -0.05) is 0 Å². The van der Waals surface area contributed by atoms with Crippen molar-refractivity contribution in [2.45, 2.75) is 19.8 Å². The predicted octanol–water partition coefficient (Wildman–Crippen LogP) is 2.59. The van der Waals surface area contributed by atoms with Crippen LogP contribution in [0.5, 0.6) is 0 Å². The quantitative estimate of drug-likeness (QED) is 0.891. The largest absolute Gasteiger partial charge is 0.326 e. The van der Waals surface area contributed by atoms with Crippen molar-refractivity contribution in [1.82, 2.24) is 4.98 Å². The van der Waals surface area contributed by atoms with Gasteiger partial charge in [0, 0.05) is 23.1 Å². The van der Waals surface area contributed by atoms with Crippen LogP contribution in [0, 0.1) is 6.92 Å². The molecule has 0 saturated heterocycles. The highest BCUT2D eigenvalue weighted by Crippen LogP contribution is 2.24. The lowest BCUT2D eigenvalue weighted by Gasteiger charge is -2.17. The number of fused-ring (bicyclic) bond motifs is 1. The van der Waals surface area contributed by atoms with E-state index in [1.807, 2.05) is 18.4 Å². The molecular formula is C14H13N3O2S. The van der Waals surface area contributed by atoms with Crippen molar-refractivity contribution in [3.63, 3.8) is 0 Å². The van der Waals surface area contributed by atoms with E-state index < -0.39 is 0 Å². The number of benzene rings is 1. The summed E-state index contributed by atoms with van der Waals surface area (Å²) < 4.78 is 0. The van der Waals surface area contributed by atoms with Crippen LogP contribution in [0.3, 0.4) is 0 Å². The van der Waals surface area contributed by atoms with E-state index in [0.717, 1.165) is 16.9 Å². The van der Waals surface area contributed by atoms with Gasteiger partial charge in [-0.05, 0) is 37.1 Å². The minimum atomic E-state index is -0.181. The molecule has 102 valence electrons. The molecule has 0 spiro atoms. The summed E-state index contributed by atoms with van der Waals surface area (Å²) in [6.07, 6.45) is 1.13. The molecule has 6 heteroatoms. The van der Waals surface area contributed by atoms with Gasteiger partial charge in [0.1, 0.15) is 0 Å². The normalized spacial score (nSPS) is 13.6. The highest BCUT2D eigenvalue weighted by molar-refractivity contribution is 7.13. The third kappa shape index (κ3) is 2.55. The van der Waals surface area contributed by atoms with Gasteiger partial charge in [-0.2, -0.15) is 0 Å². The van der Waals surface area contributed by atoms with Crippen LogP contribution in [-0.2, 0) is 11.2 Å². The number of hydrogen-bond donors (Lipinski definition) is 2. The second kappa shape index (κ2) is 5.05. The molecule has 2 heterocycles. The topological polar surface area (TPSA) is 71.1 Å². The zero-order valence-corrected chi connectivity index (χ0v) is 11.7. The van der Waals surface area contributed by atoms with Crippen molar-refractivity contribution in [3.05, 3.63) is 40.4 Å². The molecule has 1 aliphatic heterocycles. The molecule has 0 fully saturated rings. The standard InChI is InChI=1S/C14H13N3O2S/c1-8-7-20-14(15-8)17-13(19)10-2-4-11-9(6-10)3-5-12(18)16-11/h2,4,6-7H,3,5H2,1H3,(H,16,18)(H,15,17,19). The Bertz CT molecular complexity index is 693. The lowest BCUT2D eigenvalue weighted by molar-refractivity contribution is -0.116. The zero-order chi connectivity index (χ0) is 14.1. The molecule has 2 amide bonds. The van der Waals surface area contributed by atoms with Gasteiger partial charge in [0.25, 0.3) is 5.91 Å². The fourth-order valence-corrected chi connectivity index (χ4v) is 2.79. The van der Waals surface area contributed by atoms with E-state index in [1.165, 1.54) is 11.3 Å². The third-order valence-corrected chi connectivity index (χ3v) is 3.98. The fourth-order valence-electron chi connectivity index (χ4n) is 2.11. The second-order valence-electron chi connectivity index (χ2n) is 4.67. The average molecular weight is 287 g/mol.